The summed E-state index contributed by atoms with van der Waals surface area (Å²) < 4.78 is 5.38. The first-order chi connectivity index (χ1) is 12.0. The van der Waals surface area contributed by atoms with Crippen LogP contribution in [0, 0.1) is 10.8 Å². The third-order valence-electron chi connectivity index (χ3n) is 5.59. The van der Waals surface area contributed by atoms with E-state index in [2.05, 4.69) is 15.1 Å². The molecule has 1 aromatic heterocycles. The Bertz CT molecular complexity index is 719. The average molecular weight is 343 g/mol. The minimum atomic E-state index is -0.384. The number of aliphatic hydroxyl groups excluding tert-OH is 2. The highest BCUT2D eigenvalue weighted by Gasteiger charge is 2.51. The van der Waals surface area contributed by atoms with E-state index < -0.39 is 0 Å². The number of rotatable bonds is 5. The molecule has 2 heterocycles. The zero-order valence-corrected chi connectivity index (χ0v) is 14.9. The van der Waals surface area contributed by atoms with Gasteiger partial charge in [-0.2, -0.15) is 0 Å². The summed E-state index contributed by atoms with van der Waals surface area (Å²) in [4.78, 5) is 2.07. The van der Waals surface area contributed by atoms with Gasteiger partial charge in [0.1, 0.15) is 5.75 Å². The fraction of sp³-hybridized carbons (Fsp3) is 0.474. The second-order valence-electron chi connectivity index (χ2n) is 7.27. The number of anilines is 1. The Labute approximate surface area is 148 Å². The number of ether oxygens (including phenoxy) is 1. The third kappa shape index (κ3) is 2.96. The summed E-state index contributed by atoms with van der Waals surface area (Å²) in [6.07, 6.45) is 0. The minimum absolute atomic E-state index is 0.0211. The lowest BCUT2D eigenvalue weighted by Gasteiger charge is -2.36. The van der Waals surface area contributed by atoms with E-state index in [0.29, 0.717) is 13.1 Å². The van der Waals surface area contributed by atoms with Crippen molar-refractivity contribution in [3.05, 3.63) is 36.4 Å². The number of methoxy groups -OCH3 is 1. The highest BCUT2D eigenvalue weighted by molar-refractivity contribution is 5.67. The smallest absolute Gasteiger partial charge is 0.151 e. The van der Waals surface area contributed by atoms with E-state index in [4.69, 9.17) is 4.74 Å². The number of nitrogens with zero attached hydrogens (tertiary/aromatic N) is 3. The lowest BCUT2D eigenvalue weighted by atomic mass is 9.69. The van der Waals surface area contributed by atoms with Gasteiger partial charge in [0.15, 0.2) is 5.82 Å². The lowest BCUT2D eigenvalue weighted by Crippen LogP contribution is -2.41. The van der Waals surface area contributed by atoms with E-state index >= 15 is 0 Å². The molecule has 134 valence electrons. The van der Waals surface area contributed by atoms with Gasteiger partial charge in [-0.25, -0.2) is 0 Å². The van der Waals surface area contributed by atoms with Crippen LogP contribution in [-0.2, 0) is 0 Å². The Kier molecular flexibility index (Phi) is 4.67. The van der Waals surface area contributed by atoms with Gasteiger partial charge in [-0.1, -0.05) is 26.0 Å². The Morgan fingerprint density at radius 2 is 1.64 bits per heavy atom. The first-order valence-corrected chi connectivity index (χ1v) is 8.40. The molecule has 0 spiro atoms. The zero-order valence-electron chi connectivity index (χ0n) is 14.9. The molecule has 1 aliphatic rings. The van der Waals surface area contributed by atoms with Crippen LogP contribution in [0.5, 0.6) is 5.75 Å². The number of benzene rings is 1. The molecule has 0 unspecified atom stereocenters. The average Bonchev–Trinajstić information content (AvgIpc) is 2.94. The summed E-state index contributed by atoms with van der Waals surface area (Å²) in [6.45, 7) is 5.30. The zero-order chi connectivity index (χ0) is 18.1. The maximum atomic E-state index is 9.82. The van der Waals surface area contributed by atoms with E-state index in [1.807, 2.05) is 50.2 Å². The summed E-state index contributed by atoms with van der Waals surface area (Å²) >= 11 is 0. The summed E-state index contributed by atoms with van der Waals surface area (Å²) in [5.41, 5.74) is 0.872. The molecule has 0 radical (unpaired) electrons. The van der Waals surface area contributed by atoms with E-state index in [1.54, 1.807) is 7.11 Å². The quantitative estimate of drug-likeness (QED) is 0.864. The largest absolute Gasteiger partial charge is 0.496 e. The summed E-state index contributed by atoms with van der Waals surface area (Å²) in [6, 6.07) is 11.5. The van der Waals surface area contributed by atoms with Crippen LogP contribution in [0.15, 0.2) is 36.4 Å². The van der Waals surface area contributed by atoms with Gasteiger partial charge in [0.2, 0.25) is 0 Å². The van der Waals surface area contributed by atoms with Gasteiger partial charge in [0.05, 0.1) is 26.0 Å². The summed E-state index contributed by atoms with van der Waals surface area (Å²) in [5, 5.41) is 28.4. The second kappa shape index (κ2) is 6.61. The molecule has 2 atom stereocenters. The molecule has 1 aromatic carbocycles. The van der Waals surface area contributed by atoms with Crippen molar-refractivity contribution in [2.24, 2.45) is 10.8 Å². The number of aromatic nitrogens is 2. The number of hydrogen-bond donors (Lipinski definition) is 2. The van der Waals surface area contributed by atoms with Crippen LogP contribution < -0.4 is 9.64 Å². The number of hydrogen-bond acceptors (Lipinski definition) is 6. The standard InChI is InChI=1S/C19H25N3O3/c1-18(12-23)10-22(11-19(18,2)13-24)17-9-8-15(20-21-17)14-6-4-5-7-16(14)25-3/h4-9,23-24H,10-13H2,1-3H3/t18-,19+. The van der Waals surface area contributed by atoms with E-state index in [9.17, 15) is 10.2 Å². The van der Waals surface area contributed by atoms with Crippen LogP contribution in [0.4, 0.5) is 5.82 Å². The van der Waals surface area contributed by atoms with Crippen molar-refractivity contribution in [3.8, 4) is 17.0 Å². The predicted molar refractivity (Wildman–Crippen MR) is 96.6 cm³/mol. The topological polar surface area (TPSA) is 78.7 Å². The number of aliphatic hydroxyl groups is 2. The normalized spacial score (nSPS) is 26.0. The summed E-state index contributed by atoms with van der Waals surface area (Å²) in [5.74, 6) is 1.50. The van der Waals surface area contributed by atoms with Gasteiger partial charge in [0, 0.05) is 29.5 Å². The fourth-order valence-corrected chi connectivity index (χ4v) is 3.42. The Morgan fingerprint density at radius 1 is 1.00 bits per heavy atom. The molecule has 1 saturated heterocycles. The highest BCUT2D eigenvalue weighted by atomic mass is 16.5. The maximum Gasteiger partial charge on any atom is 0.151 e. The Morgan fingerprint density at radius 3 is 2.16 bits per heavy atom. The predicted octanol–water partition coefficient (Wildman–Crippen LogP) is 1.97. The highest BCUT2D eigenvalue weighted by Crippen LogP contribution is 2.46. The molecule has 0 aliphatic carbocycles. The van der Waals surface area contributed by atoms with Crippen LogP contribution in [0.3, 0.4) is 0 Å². The van der Waals surface area contributed by atoms with E-state index in [1.165, 1.54) is 0 Å². The molecule has 0 saturated carbocycles. The van der Waals surface area contributed by atoms with Crippen LogP contribution >= 0.6 is 0 Å². The van der Waals surface area contributed by atoms with Crippen molar-refractivity contribution in [1.29, 1.82) is 0 Å². The molecule has 2 N–H and O–H groups in total. The molecule has 1 fully saturated rings. The van der Waals surface area contributed by atoms with Crippen LogP contribution in [0.1, 0.15) is 13.8 Å². The van der Waals surface area contributed by atoms with E-state index in [-0.39, 0.29) is 24.0 Å². The van der Waals surface area contributed by atoms with Gasteiger partial charge >= 0.3 is 0 Å². The molecule has 6 nitrogen and oxygen atoms in total. The van der Waals surface area contributed by atoms with Crippen molar-refractivity contribution in [2.75, 3.05) is 38.3 Å². The number of para-hydroxylation sites is 1. The van der Waals surface area contributed by atoms with Gasteiger partial charge < -0.3 is 19.8 Å². The fourth-order valence-electron chi connectivity index (χ4n) is 3.42. The first kappa shape index (κ1) is 17.6. The molecule has 0 amide bonds. The molecular weight excluding hydrogens is 318 g/mol. The van der Waals surface area contributed by atoms with E-state index in [0.717, 1.165) is 22.8 Å². The van der Waals surface area contributed by atoms with Gasteiger partial charge in [-0.05, 0) is 24.3 Å². The Balaban J connectivity index is 1.87. The molecule has 0 bridgehead atoms. The maximum absolute atomic E-state index is 9.82. The minimum Gasteiger partial charge on any atom is -0.496 e. The van der Waals surface area contributed by atoms with Crippen molar-refractivity contribution >= 4 is 5.82 Å². The van der Waals surface area contributed by atoms with Crippen molar-refractivity contribution in [2.45, 2.75) is 13.8 Å². The van der Waals surface area contributed by atoms with Crippen molar-refractivity contribution in [1.82, 2.24) is 10.2 Å². The lowest BCUT2D eigenvalue weighted by molar-refractivity contribution is 0.00976. The van der Waals surface area contributed by atoms with Gasteiger partial charge in [0.25, 0.3) is 0 Å². The van der Waals surface area contributed by atoms with Crippen molar-refractivity contribution < 1.29 is 14.9 Å². The molecule has 2 aromatic rings. The van der Waals surface area contributed by atoms with Crippen LogP contribution in [0.2, 0.25) is 0 Å². The molecule has 6 heteroatoms. The Hall–Kier alpha value is -2.18. The first-order valence-electron chi connectivity index (χ1n) is 8.40. The van der Waals surface area contributed by atoms with Gasteiger partial charge in [-0.3, -0.25) is 0 Å². The third-order valence-corrected chi connectivity index (χ3v) is 5.59. The molecular formula is C19H25N3O3. The molecule has 1 aliphatic heterocycles. The molecule has 3 rings (SSSR count). The van der Waals surface area contributed by atoms with Crippen LogP contribution in [0.25, 0.3) is 11.3 Å². The monoisotopic (exact) mass is 343 g/mol. The second-order valence-corrected chi connectivity index (χ2v) is 7.27. The SMILES string of the molecule is COc1ccccc1-c1ccc(N2C[C@](C)(CO)[C@](C)(CO)C2)nn1. The van der Waals surface area contributed by atoms with Crippen LogP contribution in [-0.4, -0.2) is 53.8 Å². The molecule has 25 heavy (non-hydrogen) atoms. The summed E-state index contributed by atoms with van der Waals surface area (Å²) in [7, 11) is 1.64. The van der Waals surface area contributed by atoms with Crippen molar-refractivity contribution in [3.63, 3.8) is 0 Å². The van der Waals surface area contributed by atoms with Gasteiger partial charge in [-0.15, -0.1) is 10.2 Å².